The zero-order chi connectivity index (χ0) is 11.1. The molecule has 0 aromatic rings. The van der Waals surface area contributed by atoms with Crippen LogP contribution in [-0.2, 0) is 0 Å². The van der Waals surface area contributed by atoms with Gasteiger partial charge >= 0.3 is 0 Å². The lowest BCUT2D eigenvalue weighted by atomic mass is 9.95. The topological polar surface area (TPSA) is 15.3 Å². The Morgan fingerprint density at radius 3 is 2.40 bits per heavy atom. The maximum absolute atomic E-state index is 3.74. The lowest BCUT2D eigenvalue weighted by Crippen LogP contribution is -2.40. The van der Waals surface area contributed by atoms with Gasteiger partial charge in [-0.05, 0) is 24.2 Å². The van der Waals surface area contributed by atoms with Gasteiger partial charge in [0.05, 0.1) is 0 Å². The van der Waals surface area contributed by atoms with Crippen LogP contribution < -0.4 is 5.32 Å². The van der Waals surface area contributed by atoms with E-state index in [1.165, 1.54) is 25.9 Å². The van der Waals surface area contributed by atoms with Crippen LogP contribution in [0.3, 0.4) is 0 Å². The van der Waals surface area contributed by atoms with Gasteiger partial charge in [-0.1, -0.05) is 27.7 Å². The van der Waals surface area contributed by atoms with Crippen LogP contribution in [0.15, 0.2) is 0 Å². The fourth-order valence-corrected chi connectivity index (χ4v) is 2.45. The monoisotopic (exact) mass is 210 g/mol. The Hall–Kier alpha value is -0.0800. The van der Waals surface area contributed by atoms with E-state index in [1.54, 1.807) is 0 Å². The lowest BCUT2D eigenvalue weighted by molar-refractivity contribution is 0.304. The number of hydrogen-bond donors (Lipinski definition) is 1. The van der Waals surface area contributed by atoms with Gasteiger partial charge in [-0.2, -0.15) is 0 Å². The van der Waals surface area contributed by atoms with E-state index in [9.17, 15) is 0 Å². The third kappa shape index (κ3) is 3.18. The van der Waals surface area contributed by atoms with Crippen molar-refractivity contribution in [2.24, 2.45) is 11.3 Å². The maximum Gasteiger partial charge on any atom is 0.0233 e. The molecule has 1 saturated carbocycles. The first-order chi connectivity index (χ1) is 6.96. The van der Waals surface area contributed by atoms with Crippen LogP contribution in [0, 0.1) is 11.3 Å². The maximum atomic E-state index is 3.74. The van der Waals surface area contributed by atoms with Crippen LogP contribution in [0.2, 0.25) is 0 Å². The van der Waals surface area contributed by atoms with Crippen molar-refractivity contribution in [2.45, 2.75) is 52.6 Å². The highest BCUT2D eigenvalue weighted by Gasteiger charge is 2.37. The van der Waals surface area contributed by atoms with E-state index < -0.39 is 0 Å². The number of nitrogens with zero attached hydrogens (tertiary/aromatic N) is 1. The van der Waals surface area contributed by atoms with Crippen molar-refractivity contribution >= 4 is 0 Å². The molecule has 0 radical (unpaired) electrons. The van der Waals surface area contributed by atoms with Crippen molar-refractivity contribution in [3.63, 3.8) is 0 Å². The van der Waals surface area contributed by atoms with Crippen molar-refractivity contribution in [2.75, 3.05) is 19.6 Å². The van der Waals surface area contributed by atoms with Crippen molar-refractivity contribution in [3.8, 4) is 0 Å². The first kappa shape index (κ1) is 11.4. The second-order valence-electron chi connectivity index (χ2n) is 6.71. The molecule has 88 valence electrons. The van der Waals surface area contributed by atoms with Crippen molar-refractivity contribution < 1.29 is 0 Å². The van der Waals surface area contributed by atoms with Gasteiger partial charge in [0.1, 0.15) is 0 Å². The summed E-state index contributed by atoms with van der Waals surface area (Å²) in [6, 6.07) is 1.67. The van der Waals surface area contributed by atoms with Crippen molar-refractivity contribution in [1.82, 2.24) is 10.2 Å². The van der Waals surface area contributed by atoms with Crippen LogP contribution in [0.1, 0.15) is 40.5 Å². The fraction of sp³-hybridized carbons (Fsp3) is 1.00. The molecule has 0 amide bonds. The molecule has 15 heavy (non-hydrogen) atoms. The van der Waals surface area contributed by atoms with Gasteiger partial charge < -0.3 is 5.32 Å². The van der Waals surface area contributed by atoms with Gasteiger partial charge in [-0.3, -0.25) is 4.90 Å². The Labute approximate surface area is 94.4 Å². The fourth-order valence-electron chi connectivity index (χ4n) is 2.45. The molecule has 2 nitrogen and oxygen atoms in total. The van der Waals surface area contributed by atoms with E-state index in [-0.39, 0.29) is 0 Å². The lowest BCUT2D eigenvalue weighted by Gasteiger charge is -2.24. The minimum atomic E-state index is 0.409. The van der Waals surface area contributed by atoms with Gasteiger partial charge in [0, 0.05) is 31.7 Å². The predicted molar refractivity (Wildman–Crippen MR) is 65.0 cm³/mol. The van der Waals surface area contributed by atoms with Crippen LogP contribution in [0.5, 0.6) is 0 Å². The van der Waals surface area contributed by atoms with Crippen molar-refractivity contribution in [1.29, 1.82) is 0 Å². The molecular weight excluding hydrogens is 184 g/mol. The summed E-state index contributed by atoms with van der Waals surface area (Å²) in [6.45, 7) is 13.0. The smallest absolute Gasteiger partial charge is 0.0233 e. The molecule has 0 aromatic carbocycles. The Morgan fingerprint density at radius 1 is 1.20 bits per heavy atom. The second-order valence-corrected chi connectivity index (χ2v) is 6.71. The molecule has 1 heterocycles. The molecule has 1 saturated heterocycles. The van der Waals surface area contributed by atoms with E-state index >= 15 is 0 Å². The van der Waals surface area contributed by atoms with Crippen LogP contribution in [0.25, 0.3) is 0 Å². The van der Waals surface area contributed by atoms with E-state index in [1.807, 2.05) is 0 Å². The summed E-state index contributed by atoms with van der Waals surface area (Å²) >= 11 is 0. The first-order valence-electron chi connectivity index (χ1n) is 6.43. The molecule has 1 aliphatic carbocycles. The van der Waals surface area contributed by atoms with E-state index in [0.29, 0.717) is 5.41 Å². The highest BCUT2D eigenvalue weighted by molar-refractivity contribution is 4.95. The highest BCUT2D eigenvalue weighted by Crippen LogP contribution is 2.31. The van der Waals surface area contributed by atoms with Gasteiger partial charge in [0.2, 0.25) is 0 Å². The zero-order valence-electron chi connectivity index (χ0n) is 10.7. The standard InChI is InChI=1S/C13H26N2/c1-10-7-15(11-5-6-11)8-12(10)14-9-13(2,3)4/h10-12,14H,5-9H2,1-4H3. The third-order valence-electron chi connectivity index (χ3n) is 3.60. The molecule has 2 fully saturated rings. The molecule has 2 atom stereocenters. The van der Waals surface area contributed by atoms with Gasteiger partial charge in [0.25, 0.3) is 0 Å². The molecule has 0 bridgehead atoms. The van der Waals surface area contributed by atoms with Crippen molar-refractivity contribution in [3.05, 3.63) is 0 Å². The molecule has 0 aromatic heterocycles. The minimum Gasteiger partial charge on any atom is -0.312 e. The van der Waals surface area contributed by atoms with E-state index in [0.717, 1.165) is 24.5 Å². The molecule has 2 heteroatoms. The largest absolute Gasteiger partial charge is 0.312 e. The molecule has 1 aliphatic heterocycles. The molecule has 1 N–H and O–H groups in total. The third-order valence-corrected chi connectivity index (χ3v) is 3.60. The normalized spacial score (nSPS) is 33.6. The van der Waals surface area contributed by atoms with Crippen LogP contribution in [-0.4, -0.2) is 36.6 Å². The summed E-state index contributed by atoms with van der Waals surface area (Å²) < 4.78 is 0. The summed E-state index contributed by atoms with van der Waals surface area (Å²) in [5.41, 5.74) is 0.409. The van der Waals surface area contributed by atoms with Crippen LogP contribution in [0.4, 0.5) is 0 Å². The minimum absolute atomic E-state index is 0.409. The average molecular weight is 210 g/mol. The number of nitrogens with one attached hydrogen (secondary N) is 1. The number of rotatable bonds is 3. The van der Waals surface area contributed by atoms with Crippen LogP contribution >= 0.6 is 0 Å². The molecule has 2 rings (SSSR count). The molecular formula is C13H26N2. The number of likely N-dealkylation sites (tertiary alicyclic amines) is 1. The van der Waals surface area contributed by atoms with Gasteiger partial charge in [-0.25, -0.2) is 0 Å². The summed E-state index contributed by atoms with van der Waals surface area (Å²) in [5, 5.41) is 3.74. The SMILES string of the molecule is CC1CN(C2CC2)CC1NCC(C)(C)C. The Morgan fingerprint density at radius 2 is 1.87 bits per heavy atom. The van der Waals surface area contributed by atoms with E-state index in [2.05, 4.69) is 37.9 Å². The second kappa shape index (κ2) is 4.06. The average Bonchev–Trinajstić information content (AvgIpc) is 2.87. The molecule has 2 aliphatic rings. The highest BCUT2D eigenvalue weighted by atomic mass is 15.2. The molecule has 0 spiro atoms. The van der Waals surface area contributed by atoms with Gasteiger partial charge in [0.15, 0.2) is 0 Å². The summed E-state index contributed by atoms with van der Waals surface area (Å²) in [6.07, 6.45) is 2.89. The first-order valence-corrected chi connectivity index (χ1v) is 6.43. The van der Waals surface area contributed by atoms with E-state index in [4.69, 9.17) is 0 Å². The summed E-state index contributed by atoms with van der Waals surface area (Å²) in [5.74, 6) is 0.827. The predicted octanol–water partition coefficient (Wildman–Crippen LogP) is 2.10. The Balaban J connectivity index is 1.77. The summed E-state index contributed by atoms with van der Waals surface area (Å²) in [4.78, 5) is 2.69. The quantitative estimate of drug-likeness (QED) is 0.767. The molecule has 2 unspecified atom stereocenters. The zero-order valence-corrected chi connectivity index (χ0v) is 10.7. The van der Waals surface area contributed by atoms with Gasteiger partial charge in [-0.15, -0.1) is 0 Å². The summed E-state index contributed by atoms with van der Waals surface area (Å²) in [7, 11) is 0. The Bertz CT molecular complexity index is 215. The number of hydrogen-bond acceptors (Lipinski definition) is 2. The Kier molecular flexibility index (Phi) is 3.09.